The number of rotatable bonds is 4. The number of nitrogens with zero attached hydrogens (tertiary/aromatic N) is 1. The second kappa shape index (κ2) is 7.55. The van der Waals surface area contributed by atoms with Gasteiger partial charge in [0.1, 0.15) is 0 Å². The van der Waals surface area contributed by atoms with Crippen LogP contribution in [0.15, 0.2) is 42.7 Å². The van der Waals surface area contributed by atoms with Crippen LogP contribution in [0, 0.1) is 0 Å². The van der Waals surface area contributed by atoms with Gasteiger partial charge in [-0.1, -0.05) is 23.2 Å². The third-order valence-electron chi connectivity index (χ3n) is 2.82. The van der Waals surface area contributed by atoms with Crippen molar-refractivity contribution < 1.29 is 26.6 Å². The molecule has 1 heterocycles. The number of benzene rings is 1. The number of aromatic nitrogens is 1. The second-order valence-corrected chi connectivity index (χ2v) is 5.21. The van der Waals surface area contributed by atoms with E-state index in [1.807, 2.05) is 0 Å². The van der Waals surface area contributed by atoms with E-state index < -0.39 is 0 Å². The van der Waals surface area contributed by atoms with E-state index in [0.29, 0.717) is 21.2 Å². The van der Waals surface area contributed by atoms with Gasteiger partial charge in [0.25, 0.3) is 0 Å². The van der Waals surface area contributed by atoms with Crippen LogP contribution in [-0.2, 0) is 6.54 Å². The molecule has 0 unspecified atom stereocenters. The van der Waals surface area contributed by atoms with Crippen LogP contribution in [0.1, 0.15) is 27.6 Å². The van der Waals surface area contributed by atoms with Gasteiger partial charge in [0.05, 0.1) is 10.6 Å². The fraction of sp³-hybridized carbons (Fsp3) is 0.133. The van der Waals surface area contributed by atoms with E-state index in [4.69, 9.17) is 23.2 Å². The maximum Gasteiger partial charge on any atom is 0.229 e. The van der Waals surface area contributed by atoms with Crippen molar-refractivity contribution in [2.24, 2.45) is 0 Å². The molecule has 21 heavy (non-hydrogen) atoms. The first-order valence-electron chi connectivity index (χ1n) is 5.95. The molecule has 110 valence electrons. The molecule has 0 saturated heterocycles. The van der Waals surface area contributed by atoms with Gasteiger partial charge in [0.2, 0.25) is 12.3 Å². The van der Waals surface area contributed by atoms with Gasteiger partial charge < -0.3 is 12.4 Å². The molecule has 0 N–H and O–H groups in total. The van der Waals surface area contributed by atoms with E-state index in [-0.39, 0.29) is 30.5 Å². The first-order valence-corrected chi connectivity index (χ1v) is 6.71. The molecule has 0 spiro atoms. The SMILES string of the molecule is CC(=O)c1ccc[n+](CC(=O)c2ccc(Cl)cc2Cl)c1.[Cl-]. The zero-order valence-corrected chi connectivity index (χ0v) is 13.4. The Morgan fingerprint density at radius 3 is 2.52 bits per heavy atom. The van der Waals surface area contributed by atoms with Crippen molar-refractivity contribution >= 4 is 34.8 Å². The van der Waals surface area contributed by atoms with Crippen molar-refractivity contribution in [3.63, 3.8) is 0 Å². The molecule has 2 aromatic rings. The largest absolute Gasteiger partial charge is 1.00 e. The summed E-state index contributed by atoms with van der Waals surface area (Å²) in [6, 6.07) is 8.19. The summed E-state index contributed by atoms with van der Waals surface area (Å²) in [5, 5.41) is 0.809. The highest BCUT2D eigenvalue weighted by Gasteiger charge is 2.16. The van der Waals surface area contributed by atoms with Crippen molar-refractivity contribution in [2.45, 2.75) is 13.5 Å². The molecule has 1 aromatic heterocycles. The van der Waals surface area contributed by atoms with Crippen LogP contribution >= 0.6 is 23.2 Å². The van der Waals surface area contributed by atoms with Crippen LogP contribution in [0.5, 0.6) is 0 Å². The summed E-state index contributed by atoms with van der Waals surface area (Å²) in [6.45, 7) is 1.60. The number of Topliss-reactive ketones (excluding diaryl/α,β-unsaturated/α-hetero) is 2. The zero-order valence-electron chi connectivity index (χ0n) is 11.1. The van der Waals surface area contributed by atoms with Crippen molar-refractivity contribution in [3.8, 4) is 0 Å². The number of carbonyl (C=O) groups is 2. The summed E-state index contributed by atoms with van der Waals surface area (Å²) in [4.78, 5) is 23.5. The Balaban J connectivity index is 0.00000220. The van der Waals surface area contributed by atoms with Gasteiger partial charge in [-0.15, -0.1) is 0 Å². The smallest absolute Gasteiger partial charge is 0.229 e. The van der Waals surface area contributed by atoms with Crippen LogP contribution in [-0.4, -0.2) is 11.6 Å². The van der Waals surface area contributed by atoms with Crippen molar-refractivity contribution in [2.75, 3.05) is 0 Å². The standard InChI is InChI=1S/C15H12Cl2NO2.ClH/c1-10(19)11-3-2-6-18(8-11)9-15(20)13-5-4-12(16)7-14(13)17;/h2-8H,9H2,1H3;1H/q+1;/p-1. The molecule has 0 bridgehead atoms. The molecule has 0 aliphatic carbocycles. The average molecular weight is 345 g/mol. The Bertz CT molecular complexity index is 686. The van der Waals surface area contributed by atoms with Crippen molar-refractivity contribution in [1.29, 1.82) is 0 Å². The Kier molecular flexibility index (Phi) is 6.34. The van der Waals surface area contributed by atoms with Gasteiger partial charge in [-0.3, -0.25) is 9.59 Å². The van der Waals surface area contributed by atoms with Gasteiger partial charge in [-0.05, 0) is 31.2 Å². The lowest BCUT2D eigenvalue weighted by Crippen LogP contribution is -3.00. The fourth-order valence-electron chi connectivity index (χ4n) is 1.80. The summed E-state index contributed by atoms with van der Waals surface area (Å²) in [5.74, 6) is -0.186. The number of pyridine rings is 1. The minimum atomic E-state index is -0.141. The Morgan fingerprint density at radius 1 is 1.19 bits per heavy atom. The first kappa shape index (κ1) is 17.6. The predicted molar refractivity (Wildman–Crippen MR) is 77.4 cm³/mol. The van der Waals surface area contributed by atoms with E-state index in [9.17, 15) is 9.59 Å². The van der Waals surface area contributed by atoms with E-state index in [1.54, 1.807) is 41.2 Å². The van der Waals surface area contributed by atoms with Crippen LogP contribution in [0.4, 0.5) is 0 Å². The molecule has 0 atom stereocenters. The minimum absolute atomic E-state index is 0. The van der Waals surface area contributed by atoms with Crippen molar-refractivity contribution in [1.82, 2.24) is 0 Å². The zero-order chi connectivity index (χ0) is 14.7. The topological polar surface area (TPSA) is 38.0 Å². The lowest BCUT2D eigenvalue weighted by Gasteiger charge is -2.02. The average Bonchev–Trinajstić information content (AvgIpc) is 2.38. The Hall–Kier alpha value is -1.42. The molecule has 3 nitrogen and oxygen atoms in total. The molecule has 6 heteroatoms. The van der Waals surface area contributed by atoms with Gasteiger partial charge in [0, 0.05) is 16.7 Å². The number of ketones is 2. The molecule has 0 aliphatic rings. The third-order valence-corrected chi connectivity index (χ3v) is 3.37. The van der Waals surface area contributed by atoms with Gasteiger partial charge in [-0.2, -0.15) is 4.57 Å². The van der Waals surface area contributed by atoms with Gasteiger partial charge in [-0.25, -0.2) is 0 Å². The van der Waals surface area contributed by atoms with Crippen LogP contribution in [0.25, 0.3) is 0 Å². The minimum Gasteiger partial charge on any atom is -1.00 e. The second-order valence-electron chi connectivity index (χ2n) is 4.37. The molecule has 0 fully saturated rings. The summed E-state index contributed by atoms with van der Waals surface area (Å²) >= 11 is 11.8. The molecule has 0 aliphatic heterocycles. The van der Waals surface area contributed by atoms with Crippen molar-refractivity contribution in [3.05, 3.63) is 63.9 Å². The first-order chi connectivity index (χ1) is 9.47. The maximum absolute atomic E-state index is 12.2. The van der Waals surface area contributed by atoms with E-state index in [2.05, 4.69) is 0 Å². The molecular weight excluding hydrogens is 333 g/mol. The van der Waals surface area contributed by atoms with E-state index >= 15 is 0 Å². The highest BCUT2D eigenvalue weighted by atomic mass is 35.5. The number of hydrogen-bond donors (Lipinski definition) is 0. The van der Waals surface area contributed by atoms with Gasteiger partial charge >= 0.3 is 0 Å². The van der Waals surface area contributed by atoms with Crippen LogP contribution < -0.4 is 17.0 Å². The summed E-state index contributed by atoms with van der Waals surface area (Å²) in [5.41, 5.74) is 0.972. The Labute approximate surface area is 138 Å². The third kappa shape index (κ3) is 4.53. The lowest BCUT2D eigenvalue weighted by atomic mass is 10.1. The monoisotopic (exact) mass is 343 g/mol. The normalized spacial score (nSPS) is 9.86. The summed E-state index contributed by atoms with van der Waals surface area (Å²) in [7, 11) is 0. The fourth-order valence-corrected chi connectivity index (χ4v) is 2.31. The molecule has 0 amide bonds. The molecule has 0 saturated carbocycles. The lowest BCUT2D eigenvalue weighted by molar-refractivity contribution is -0.683. The van der Waals surface area contributed by atoms with Gasteiger partial charge in [0.15, 0.2) is 18.2 Å². The number of carbonyl (C=O) groups excluding carboxylic acids is 2. The van der Waals surface area contributed by atoms with E-state index in [0.717, 1.165) is 0 Å². The number of hydrogen-bond acceptors (Lipinski definition) is 2. The summed E-state index contributed by atoms with van der Waals surface area (Å²) in [6.07, 6.45) is 3.37. The highest BCUT2D eigenvalue weighted by Crippen LogP contribution is 2.21. The summed E-state index contributed by atoms with van der Waals surface area (Å²) < 4.78 is 1.66. The van der Waals surface area contributed by atoms with Crippen LogP contribution in [0.2, 0.25) is 10.0 Å². The molecule has 0 radical (unpaired) electrons. The number of halogens is 3. The Morgan fingerprint density at radius 2 is 1.90 bits per heavy atom. The molecular formula is C15H12Cl3NO2. The highest BCUT2D eigenvalue weighted by molar-refractivity contribution is 6.36. The quantitative estimate of drug-likeness (QED) is 0.594. The van der Waals surface area contributed by atoms with Crippen LogP contribution in [0.3, 0.4) is 0 Å². The predicted octanol–water partition coefficient (Wildman–Crippen LogP) is 0.370. The maximum atomic E-state index is 12.2. The van der Waals surface area contributed by atoms with E-state index in [1.165, 1.54) is 13.0 Å². The molecule has 2 rings (SSSR count). The molecule has 1 aromatic carbocycles.